The third-order valence-corrected chi connectivity index (χ3v) is 3.56. The van der Waals surface area contributed by atoms with E-state index in [9.17, 15) is 4.79 Å². The molecule has 0 fully saturated rings. The second kappa shape index (κ2) is 5.18. The van der Waals surface area contributed by atoms with Crippen molar-refractivity contribution in [2.75, 3.05) is 0 Å². The van der Waals surface area contributed by atoms with Crippen molar-refractivity contribution in [3.63, 3.8) is 0 Å². The predicted molar refractivity (Wildman–Crippen MR) is 75.1 cm³/mol. The Morgan fingerprint density at radius 1 is 0.944 bits per heavy atom. The molecule has 0 heterocycles. The van der Waals surface area contributed by atoms with Crippen LogP contribution in [0.1, 0.15) is 39.9 Å². The lowest BCUT2D eigenvalue weighted by atomic mass is 9.88. The Balaban J connectivity index is 2.35. The number of carbonyl (C=O) groups excluding carboxylic acids is 1. The van der Waals surface area contributed by atoms with Crippen LogP contribution in [0.3, 0.4) is 0 Å². The highest BCUT2D eigenvalue weighted by atomic mass is 16.1. The summed E-state index contributed by atoms with van der Waals surface area (Å²) in [4.78, 5) is 12.4. The number of Topliss-reactive ketones (excluding diaryl/α,β-unsaturated/α-hetero) is 1. The Kier molecular flexibility index (Phi) is 3.61. The molecule has 1 atom stereocenters. The van der Waals surface area contributed by atoms with E-state index in [1.54, 1.807) is 0 Å². The molecule has 0 saturated heterocycles. The number of carbonyl (C=O) groups is 1. The molecule has 0 aliphatic heterocycles. The van der Waals surface area contributed by atoms with Gasteiger partial charge in [0.1, 0.15) is 0 Å². The highest BCUT2D eigenvalue weighted by molar-refractivity contribution is 6.00. The van der Waals surface area contributed by atoms with Gasteiger partial charge in [-0.15, -0.1) is 0 Å². The van der Waals surface area contributed by atoms with Gasteiger partial charge in [-0.05, 0) is 30.5 Å². The fourth-order valence-electron chi connectivity index (χ4n) is 2.24. The van der Waals surface area contributed by atoms with Gasteiger partial charge in [-0.1, -0.05) is 55.5 Å². The van der Waals surface area contributed by atoms with Crippen molar-refractivity contribution in [3.8, 4) is 0 Å². The van der Waals surface area contributed by atoms with E-state index in [1.807, 2.05) is 49.4 Å². The van der Waals surface area contributed by atoms with Gasteiger partial charge >= 0.3 is 0 Å². The molecule has 0 amide bonds. The van der Waals surface area contributed by atoms with Crippen LogP contribution in [0.15, 0.2) is 48.5 Å². The van der Waals surface area contributed by atoms with E-state index in [0.717, 1.165) is 11.1 Å². The molecule has 0 aliphatic rings. The number of aryl methyl sites for hydroxylation is 1. The van der Waals surface area contributed by atoms with E-state index in [2.05, 4.69) is 19.9 Å². The van der Waals surface area contributed by atoms with Crippen LogP contribution in [0.5, 0.6) is 0 Å². The molecule has 0 spiro atoms. The van der Waals surface area contributed by atoms with Crippen LogP contribution in [0.4, 0.5) is 0 Å². The molecule has 0 aromatic heterocycles. The lowest BCUT2D eigenvalue weighted by Gasteiger charge is -2.15. The summed E-state index contributed by atoms with van der Waals surface area (Å²) in [6.45, 7) is 6.15. The number of hydrogen-bond acceptors (Lipinski definition) is 1. The molecule has 0 saturated carbocycles. The van der Waals surface area contributed by atoms with Gasteiger partial charge in [0.15, 0.2) is 5.78 Å². The number of rotatable bonds is 3. The zero-order chi connectivity index (χ0) is 13.1. The molecule has 2 rings (SSSR count). The highest BCUT2D eigenvalue weighted by Crippen LogP contribution is 2.25. The predicted octanol–water partition coefficient (Wildman–Crippen LogP) is 4.29. The van der Waals surface area contributed by atoms with E-state index in [-0.39, 0.29) is 11.7 Å². The van der Waals surface area contributed by atoms with Crippen molar-refractivity contribution in [2.24, 2.45) is 0 Å². The topological polar surface area (TPSA) is 17.1 Å². The minimum Gasteiger partial charge on any atom is -0.294 e. The summed E-state index contributed by atoms with van der Waals surface area (Å²) in [5, 5.41) is 0. The van der Waals surface area contributed by atoms with Crippen LogP contribution in [0.2, 0.25) is 0 Å². The summed E-state index contributed by atoms with van der Waals surface area (Å²) in [7, 11) is 0. The standard InChI is InChI=1S/C17H18O/c1-12-8-7-11-16(13(12)2)14(3)17(18)15-9-5-4-6-10-15/h4-11,14H,1-3H3. The maximum Gasteiger partial charge on any atom is 0.170 e. The molecule has 92 valence electrons. The molecule has 0 radical (unpaired) electrons. The van der Waals surface area contributed by atoms with E-state index < -0.39 is 0 Å². The van der Waals surface area contributed by atoms with E-state index >= 15 is 0 Å². The van der Waals surface area contributed by atoms with Gasteiger partial charge in [0.25, 0.3) is 0 Å². The van der Waals surface area contributed by atoms with E-state index in [0.29, 0.717) is 0 Å². The smallest absolute Gasteiger partial charge is 0.170 e. The fourth-order valence-corrected chi connectivity index (χ4v) is 2.24. The minimum absolute atomic E-state index is 0.0905. The molecule has 2 aromatic rings. The van der Waals surface area contributed by atoms with Gasteiger partial charge in [0.2, 0.25) is 0 Å². The normalized spacial score (nSPS) is 12.2. The SMILES string of the molecule is Cc1cccc(C(C)C(=O)c2ccccc2)c1C. The van der Waals surface area contributed by atoms with Gasteiger partial charge in [-0.2, -0.15) is 0 Å². The first-order chi connectivity index (χ1) is 8.61. The maximum absolute atomic E-state index is 12.4. The van der Waals surface area contributed by atoms with Crippen molar-refractivity contribution in [3.05, 3.63) is 70.8 Å². The van der Waals surface area contributed by atoms with Crippen LogP contribution >= 0.6 is 0 Å². The Morgan fingerprint density at radius 3 is 2.28 bits per heavy atom. The zero-order valence-electron chi connectivity index (χ0n) is 11.1. The van der Waals surface area contributed by atoms with E-state index in [4.69, 9.17) is 0 Å². The summed E-state index contributed by atoms with van der Waals surface area (Å²) < 4.78 is 0. The third-order valence-electron chi connectivity index (χ3n) is 3.56. The van der Waals surface area contributed by atoms with Crippen molar-refractivity contribution in [1.29, 1.82) is 0 Å². The van der Waals surface area contributed by atoms with Crippen molar-refractivity contribution < 1.29 is 4.79 Å². The lowest BCUT2D eigenvalue weighted by Crippen LogP contribution is -2.11. The largest absolute Gasteiger partial charge is 0.294 e. The molecule has 1 unspecified atom stereocenters. The third kappa shape index (κ3) is 2.35. The van der Waals surface area contributed by atoms with Crippen LogP contribution < -0.4 is 0 Å². The molecule has 18 heavy (non-hydrogen) atoms. The van der Waals surface area contributed by atoms with Gasteiger partial charge in [0.05, 0.1) is 0 Å². The van der Waals surface area contributed by atoms with Gasteiger partial charge in [0, 0.05) is 11.5 Å². The summed E-state index contributed by atoms with van der Waals surface area (Å²) in [5.74, 6) is 0.0941. The average molecular weight is 238 g/mol. The quantitative estimate of drug-likeness (QED) is 0.729. The van der Waals surface area contributed by atoms with Crippen LogP contribution in [0, 0.1) is 13.8 Å². The monoisotopic (exact) mass is 238 g/mol. The second-order valence-electron chi connectivity index (χ2n) is 4.74. The fraction of sp³-hybridized carbons (Fsp3) is 0.235. The first kappa shape index (κ1) is 12.6. The van der Waals surface area contributed by atoms with Crippen LogP contribution in [-0.2, 0) is 0 Å². The molecule has 2 aromatic carbocycles. The number of hydrogen-bond donors (Lipinski definition) is 0. The molecule has 1 heteroatoms. The second-order valence-corrected chi connectivity index (χ2v) is 4.74. The van der Waals surface area contributed by atoms with Gasteiger partial charge in [-0.25, -0.2) is 0 Å². The van der Waals surface area contributed by atoms with Crippen molar-refractivity contribution >= 4 is 5.78 Å². The van der Waals surface area contributed by atoms with Crippen LogP contribution in [-0.4, -0.2) is 5.78 Å². The summed E-state index contributed by atoms with van der Waals surface area (Å²) in [6.07, 6.45) is 0. The zero-order valence-corrected chi connectivity index (χ0v) is 11.1. The first-order valence-electron chi connectivity index (χ1n) is 6.26. The molecule has 0 bridgehead atoms. The molecule has 0 aliphatic carbocycles. The number of benzene rings is 2. The minimum atomic E-state index is -0.0905. The molecular weight excluding hydrogens is 220 g/mol. The highest BCUT2D eigenvalue weighted by Gasteiger charge is 2.18. The average Bonchev–Trinajstić information content (AvgIpc) is 2.41. The Hall–Kier alpha value is -1.89. The Morgan fingerprint density at radius 2 is 1.61 bits per heavy atom. The lowest BCUT2D eigenvalue weighted by molar-refractivity contribution is 0.0966. The van der Waals surface area contributed by atoms with E-state index in [1.165, 1.54) is 11.1 Å². The maximum atomic E-state index is 12.4. The Bertz CT molecular complexity index is 555. The molecular formula is C17H18O. The first-order valence-corrected chi connectivity index (χ1v) is 6.26. The van der Waals surface area contributed by atoms with Gasteiger partial charge in [-0.3, -0.25) is 4.79 Å². The van der Waals surface area contributed by atoms with Gasteiger partial charge < -0.3 is 0 Å². The molecule has 1 nitrogen and oxygen atoms in total. The number of ketones is 1. The molecule has 0 N–H and O–H groups in total. The van der Waals surface area contributed by atoms with Crippen molar-refractivity contribution in [2.45, 2.75) is 26.7 Å². The summed E-state index contributed by atoms with van der Waals surface area (Å²) in [5.41, 5.74) is 4.37. The Labute approximate surface area is 108 Å². The summed E-state index contributed by atoms with van der Waals surface area (Å²) in [6, 6.07) is 15.7. The van der Waals surface area contributed by atoms with Crippen LogP contribution in [0.25, 0.3) is 0 Å². The summed E-state index contributed by atoms with van der Waals surface area (Å²) >= 11 is 0. The van der Waals surface area contributed by atoms with Crippen molar-refractivity contribution in [1.82, 2.24) is 0 Å².